The molecule has 112 valence electrons. The van der Waals surface area contributed by atoms with Crippen molar-refractivity contribution in [3.8, 4) is 0 Å². The number of aryl methyl sites for hydroxylation is 1. The van der Waals surface area contributed by atoms with Crippen molar-refractivity contribution in [2.45, 2.75) is 39.2 Å². The largest absolute Gasteiger partial charge is 0.381 e. The zero-order valence-electron chi connectivity index (χ0n) is 12.3. The van der Waals surface area contributed by atoms with Crippen LogP contribution < -0.4 is 10.6 Å². The van der Waals surface area contributed by atoms with Crippen molar-refractivity contribution < 1.29 is 9.53 Å². The molecule has 0 aliphatic carbocycles. The molecule has 6 heteroatoms. The van der Waals surface area contributed by atoms with Crippen molar-refractivity contribution in [1.29, 1.82) is 0 Å². The van der Waals surface area contributed by atoms with E-state index < -0.39 is 0 Å². The smallest absolute Gasteiger partial charge is 0.315 e. The Balaban J connectivity index is 1.71. The van der Waals surface area contributed by atoms with E-state index >= 15 is 0 Å². The highest BCUT2D eigenvalue weighted by Crippen LogP contribution is 2.19. The van der Waals surface area contributed by atoms with Gasteiger partial charge >= 0.3 is 6.03 Å². The highest BCUT2D eigenvalue weighted by atomic mass is 32.1. The summed E-state index contributed by atoms with van der Waals surface area (Å²) >= 11 is 1.64. The molecule has 2 heterocycles. The Bertz CT molecular complexity index is 443. The van der Waals surface area contributed by atoms with Crippen LogP contribution in [0.3, 0.4) is 0 Å². The molecule has 3 atom stereocenters. The van der Waals surface area contributed by atoms with Crippen LogP contribution in [0.4, 0.5) is 4.79 Å². The van der Waals surface area contributed by atoms with Crippen molar-refractivity contribution in [2.75, 3.05) is 19.8 Å². The molecule has 20 heavy (non-hydrogen) atoms. The summed E-state index contributed by atoms with van der Waals surface area (Å²) in [6.45, 7) is 8.25. The number of carbonyl (C=O) groups excluding carboxylic acids is 1. The molecule has 2 N–H and O–H groups in total. The fraction of sp³-hybridized carbons (Fsp3) is 0.714. The molecule has 1 aliphatic heterocycles. The van der Waals surface area contributed by atoms with E-state index in [1.165, 1.54) is 0 Å². The second-order valence-electron chi connectivity index (χ2n) is 5.49. The average molecular weight is 297 g/mol. The Morgan fingerprint density at radius 3 is 3.00 bits per heavy atom. The fourth-order valence-corrected chi connectivity index (χ4v) is 3.11. The van der Waals surface area contributed by atoms with E-state index in [9.17, 15) is 4.79 Å². The first-order chi connectivity index (χ1) is 9.56. The summed E-state index contributed by atoms with van der Waals surface area (Å²) < 4.78 is 5.34. The summed E-state index contributed by atoms with van der Waals surface area (Å²) in [4.78, 5) is 16.3. The topological polar surface area (TPSA) is 63.2 Å². The third-order valence-electron chi connectivity index (χ3n) is 3.66. The van der Waals surface area contributed by atoms with Crippen molar-refractivity contribution in [2.24, 2.45) is 5.92 Å². The molecule has 0 radical (unpaired) electrons. The lowest BCUT2D eigenvalue weighted by Crippen LogP contribution is -2.45. The maximum atomic E-state index is 11.9. The molecular formula is C14H23N3O2S. The minimum atomic E-state index is -0.107. The van der Waals surface area contributed by atoms with Gasteiger partial charge in [0.05, 0.1) is 11.6 Å². The minimum Gasteiger partial charge on any atom is -0.381 e. The van der Waals surface area contributed by atoms with Gasteiger partial charge in [0.15, 0.2) is 0 Å². The van der Waals surface area contributed by atoms with Gasteiger partial charge in [0.25, 0.3) is 0 Å². The average Bonchev–Trinajstić information content (AvgIpc) is 3.06. The minimum absolute atomic E-state index is 0.107. The number of hydrogen-bond acceptors (Lipinski definition) is 4. The van der Waals surface area contributed by atoms with Gasteiger partial charge in [-0.1, -0.05) is 6.92 Å². The summed E-state index contributed by atoms with van der Waals surface area (Å²) in [7, 11) is 0. The maximum absolute atomic E-state index is 11.9. The Labute approximate surface area is 124 Å². The molecule has 5 nitrogen and oxygen atoms in total. The van der Waals surface area contributed by atoms with E-state index in [2.05, 4.69) is 22.5 Å². The molecule has 1 aromatic heterocycles. The zero-order chi connectivity index (χ0) is 14.5. The number of amides is 2. The summed E-state index contributed by atoms with van der Waals surface area (Å²) in [6, 6.07) is 0.0411. The fourth-order valence-electron chi connectivity index (χ4n) is 2.25. The molecule has 1 fully saturated rings. The van der Waals surface area contributed by atoms with Crippen molar-refractivity contribution >= 4 is 17.4 Å². The lowest BCUT2D eigenvalue weighted by Gasteiger charge is -2.20. The molecule has 2 amide bonds. The van der Waals surface area contributed by atoms with Crippen LogP contribution in [0, 0.1) is 12.8 Å². The lowest BCUT2D eigenvalue weighted by molar-refractivity contribution is 0.178. The predicted octanol–water partition coefficient (Wildman–Crippen LogP) is 2.28. The van der Waals surface area contributed by atoms with Crippen LogP contribution in [-0.4, -0.2) is 36.8 Å². The van der Waals surface area contributed by atoms with Crippen LogP contribution in [0.2, 0.25) is 0 Å². The molecular weight excluding hydrogens is 274 g/mol. The third-order valence-corrected chi connectivity index (χ3v) is 4.85. The van der Waals surface area contributed by atoms with Crippen LogP contribution in [0.5, 0.6) is 0 Å². The van der Waals surface area contributed by atoms with Gasteiger partial charge in [-0.2, -0.15) is 0 Å². The Morgan fingerprint density at radius 2 is 2.40 bits per heavy atom. The first kappa shape index (κ1) is 15.3. The second-order valence-corrected chi connectivity index (χ2v) is 6.38. The predicted molar refractivity (Wildman–Crippen MR) is 80.2 cm³/mol. The number of carbonyl (C=O) groups is 1. The number of hydrogen-bond donors (Lipinski definition) is 2. The molecule has 0 spiro atoms. The molecule has 1 saturated heterocycles. The zero-order valence-corrected chi connectivity index (χ0v) is 13.1. The summed E-state index contributed by atoms with van der Waals surface area (Å²) in [6.07, 6.45) is 1.02. The number of aromatic nitrogens is 1. The normalized spacial score (nSPS) is 21.4. The first-order valence-corrected chi connectivity index (χ1v) is 7.98. The quantitative estimate of drug-likeness (QED) is 0.876. The number of urea groups is 1. The van der Waals surface area contributed by atoms with Gasteiger partial charge < -0.3 is 15.4 Å². The number of nitrogens with zero attached hydrogens (tertiary/aromatic N) is 1. The molecule has 0 saturated carbocycles. The van der Waals surface area contributed by atoms with Gasteiger partial charge in [0, 0.05) is 42.1 Å². The van der Waals surface area contributed by atoms with E-state index in [0.717, 1.165) is 30.3 Å². The summed E-state index contributed by atoms with van der Waals surface area (Å²) in [5.41, 5.74) is 1.04. The van der Waals surface area contributed by atoms with E-state index in [1.54, 1.807) is 11.3 Å². The number of nitrogens with one attached hydrogen (secondary N) is 2. The van der Waals surface area contributed by atoms with Crippen LogP contribution >= 0.6 is 11.3 Å². The Morgan fingerprint density at radius 1 is 1.60 bits per heavy atom. The van der Waals surface area contributed by atoms with E-state index in [1.807, 2.05) is 19.2 Å². The standard InChI is InChI=1S/C14H23N3O2S/c1-9(13-16-10(2)8-20-13)6-15-14(18)17-11(3)12-4-5-19-7-12/h8-9,11-12H,4-7H2,1-3H3,(H2,15,17,18). The van der Waals surface area contributed by atoms with E-state index in [-0.39, 0.29) is 18.0 Å². The van der Waals surface area contributed by atoms with Crippen LogP contribution in [-0.2, 0) is 4.74 Å². The molecule has 1 aliphatic rings. The van der Waals surface area contributed by atoms with Crippen molar-refractivity contribution in [1.82, 2.24) is 15.6 Å². The van der Waals surface area contributed by atoms with Crippen LogP contribution in [0.1, 0.15) is 36.9 Å². The first-order valence-electron chi connectivity index (χ1n) is 7.10. The van der Waals surface area contributed by atoms with Crippen LogP contribution in [0.15, 0.2) is 5.38 Å². The van der Waals surface area contributed by atoms with Crippen LogP contribution in [0.25, 0.3) is 0 Å². The van der Waals surface area contributed by atoms with Gasteiger partial charge in [-0.15, -0.1) is 11.3 Å². The van der Waals surface area contributed by atoms with E-state index in [4.69, 9.17) is 4.74 Å². The van der Waals surface area contributed by atoms with Gasteiger partial charge in [0.1, 0.15) is 0 Å². The van der Waals surface area contributed by atoms with E-state index in [0.29, 0.717) is 12.5 Å². The number of thiazole rings is 1. The summed E-state index contributed by atoms with van der Waals surface area (Å²) in [5.74, 6) is 0.671. The molecule has 0 bridgehead atoms. The Kier molecular flexibility index (Phi) is 5.37. The van der Waals surface area contributed by atoms with Gasteiger partial charge in [-0.05, 0) is 20.3 Å². The third kappa shape index (κ3) is 4.18. The number of ether oxygens (including phenoxy) is 1. The molecule has 1 aromatic rings. The van der Waals surface area contributed by atoms with Crippen molar-refractivity contribution in [3.63, 3.8) is 0 Å². The van der Waals surface area contributed by atoms with Gasteiger partial charge in [-0.3, -0.25) is 0 Å². The Hall–Kier alpha value is -1.14. The van der Waals surface area contributed by atoms with Crippen molar-refractivity contribution in [3.05, 3.63) is 16.1 Å². The highest BCUT2D eigenvalue weighted by molar-refractivity contribution is 7.09. The molecule has 2 rings (SSSR count). The maximum Gasteiger partial charge on any atom is 0.315 e. The monoisotopic (exact) mass is 297 g/mol. The highest BCUT2D eigenvalue weighted by Gasteiger charge is 2.23. The second kappa shape index (κ2) is 7.04. The van der Waals surface area contributed by atoms with Gasteiger partial charge in [-0.25, -0.2) is 9.78 Å². The lowest BCUT2D eigenvalue weighted by atomic mass is 10.0. The van der Waals surface area contributed by atoms with Gasteiger partial charge in [0.2, 0.25) is 0 Å². The SMILES string of the molecule is Cc1csc(C(C)CNC(=O)NC(C)C2CCOC2)n1. The summed E-state index contributed by atoms with van der Waals surface area (Å²) in [5, 5.41) is 9.01. The number of rotatable bonds is 5. The molecule has 0 aromatic carbocycles. The molecule has 3 unspecified atom stereocenters.